The number of carbonyl (C=O) groups excluding carboxylic acids is 2. The molecular weight excluding hydrogens is 342 g/mol. The average molecular weight is 358 g/mol. The molecule has 0 aromatic heterocycles. The van der Waals surface area contributed by atoms with E-state index >= 15 is 0 Å². The second-order valence-electron chi connectivity index (χ2n) is 5.84. The highest BCUT2D eigenvalue weighted by atomic mass is 19.1. The molecule has 0 fully saturated rings. The number of amides is 2. The number of rotatable bonds is 4. The Morgan fingerprint density at radius 2 is 2.04 bits per heavy atom. The van der Waals surface area contributed by atoms with E-state index in [1.165, 1.54) is 12.1 Å². The van der Waals surface area contributed by atoms with Crippen LogP contribution >= 0.6 is 0 Å². The third kappa shape index (κ3) is 3.88. The van der Waals surface area contributed by atoms with Crippen LogP contribution in [0.25, 0.3) is 0 Å². The maximum atomic E-state index is 13.7. The molecule has 7 heteroatoms. The van der Waals surface area contributed by atoms with Crippen LogP contribution in [0.2, 0.25) is 0 Å². The molecule has 1 heterocycles. The Bertz CT molecular complexity index is 883. The summed E-state index contributed by atoms with van der Waals surface area (Å²) >= 11 is 0. The van der Waals surface area contributed by atoms with Crippen molar-refractivity contribution in [3.05, 3.63) is 71.8 Å². The molecular formula is C19H16F2N2O3. The van der Waals surface area contributed by atoms with E-state index in [0.29, 0.717) is 16.8 Å². The highest BCUT2D eigenvalue weighted by Gasteiger charge is 2.25. The molecule has 0 bridgehead atoms. The summed E-state index contributed by atoms with van der Waals surface area (Å²) in [7, 11) is 0. The van der Waals surface area contributed by atoms with Crippen LogP contribution in [0.3, 0.4) is 0 Å². The van der Waals surface area contributed by atoms with E-state index in [9.17, 15) is 18.4 Å². The Labute approximate surface area is 148 Å². The number of anilines is 1. The lowest BCUT2D eigenvalue weighted by atomic mass is 10.0. The van der Waals surface area contributed by atoms with Gasteiger partial charge in [-0.1, -0.05) is 12.6 Å². The first-order valence-electron chi connectivity index (χ1n) is 7.91. The minimum Gasteiger partial charge on any atom is -0.488 e. The van der Waals surface area contributed by atoms with Crippen LogP contribution in [-0.2, 0) is 11.2 Å². The zero-order valence-electron chi connectivity index (χ0n) is 13.7. The van der Waals surface area contributed by atoms with E-state index in [0.717, 1.165) is 12.1 Å². The summed E-state index contributed by atoms with van der Waals surface area (Å²) in [6.45, 7) is 3.44. The van der Waals surface area contributed by atoms with Crippen molar-refractivity contribution < 1.29 is 23.1 Å². The molecule has 0 saturated carbocycles. The number of ether oxygens (including phenoxy) is 1. The summed E-state index contributed by atoms with van der Waals surface area (Å²) in [5, 5.41) is 5.34. The molecule has 1 aliphatic heterocycles. The second kappa shape index (κ2) is 7.35. The number of carbonyl (C=O) groups is 2. The van der Waals surface area contributed by atoms with Crippen molar-refractivity contribution in [2.45, 2.75) is 12.5 Å². The molecule has 26 heavy (non-hydrogen) atoms. The molecule has 2 aromatic rings. The fraction of sp³-hybridized carbons (Fsp3) is 0.158. The minimum atomic E-state index is -0.754. The van der Waals surface area contributed by atoms with Crippen molar-refractivity contribution in [3.63, 3.8) is 0 Å². The van der Waals surface area contributed by atoms with Gasteiger partial charge in [-0.3, -0.25) is 9.59 Å². The largest absolute Gasteiger partial charge is 0.488 e. The molecule has 5 nitrogen and oxygen atoms in total. The van der Waals surface area contributed by atoms with E-state index in [1.54, 1.807) is 18.2 Å². The van der Waals surface area contributed by atoms with Gasteiger partial charge in [0.2, 0.25) is 5.91 Å². The topological polar surface area (TPSA) is 67.4 Å². The summed E-state index contributed by atoms with van der Waals surface area (Å²) in [5.41, 5.74) is 1.16. The highest BCUT2D eigenvalue weighted by Crippen LogP contribution is 2.29. The van der Waals surface area contributed by atoms with Gasteiger partial charge in [0.05, 0.1) is 6.04 Å². The Kier molecular flexibility index (Phi) is 4.97. The van der Waals surface area contributed by atoms with Crippen LogP contribution in [0.4, 0.5) is 14.5 Å². The number of fused-ring (bicyclic) bond motifs is 1. The van der Waals surface area contributed by atoms with Crippen molar-refractivity contribution >= 4 is 17.5 Å². The van der Waals surface area contributed by atoms with Crippen LogP contribution in [-0.4, -0.2) is 24.5 Å². The molecule has 0 saturated heterocycles. The summed E-state index contributed by atoms with van der Waals surface area (Å²) < 4.78 is 32.4. The molecule has 2 aromatic carbocycles. The first kappa shape index (κ1) is 17.6. The van der Waals surface area contributed by atoms with E-state index in [-0.39, 0.29) is 30.6 Å². The average Bonchev–Trinajstić information content (AvgIpc) is 2.61. The maximum Gasteiger partial charge on any atom is 0.251 e. The van der Waals surface area contributed by atoms with Gasteiger partial charge in [-0.25, -0.2) is 8.78 Å². The van der Waals surface area contributed by atoms with Crippen LogP contribution < -0.4 is 15.4 Å². The SMILES string of the molecule is C=CC(=O)Nc1cccc(C(=O)NC2COc3c(F)cc(F)cc3C2)c1. The lowest BCUT2D eigenvalue weighted by Gasteiger charge is -2.26. The van der Waals surface area contributed by atoms with Gasteiger partial charge in [0.15, 0.2) is 11.6 Å². The smallest absolute Gasteiger partial charge is 0.251 e. The quantitative estimate of drug-likeness (QED) is 0.826. The van der Waals surface area contributed by atoms with E-state index in [1.807, 2.05) is 0 Å². The lowest BCUT2D eigenvalue weighted by Crippen LogP contribution is -2.43. The van der Waals surface area contributed by atoms with Gasteiger partial charge >= 0.3 is 0 Å². The summed E-state index contributed by atoms with van der Waals surface area (Å²) in [5.74, 6) is -2.19. The molecule has 0 aliphatic carbocycles. The first-order valence-corrected chi connectivity index (χ1v) is 7.91. The van der Waals surface area contributed by atoms with Crippen molar-refractivity contribution in [2.24, 2.45) is 0 Å². The molecule has 0 spiro atoms. The Balaban J connectivity index is 1.70. The van der Waals surface area contributed by atoms with Gasteiger partial charge in [0.25, 0.3) is 5.91 Å². The number of hydrogen-bond donors (Lipinski definition) is 2. The summed E-state index contributed by atoms with van der Waals surface area (Å²) in [6.07, 6.45) is 1.38. The van der Waals surface area contributed by atoms with Crippen LogP contribution in [0.15, 0.2) is 49.1 Å². The Hall–Kier alpha value is -3.22. The molecule has 0 radical (unpaired) electrons. The summed E-state index contributed by atoms with van der Waals surface area (Å²) in [4.78, 5) is 23.8. The summed E-state index contributed by atoms with van der Waals surface area (Å²) in [6, 6.07) is 7.92. The fourth-order valence-electron chi connectivity index (χ4n) is 2.73. The molecule has 3 rings (SSSR count). The second-order valence-corrected chi connectivity index (χ2v) is 5.84. The zero-order valence-corrected chi connectivity index (χ0v) is 13.7. The standard InChI is InChI=1S/C19H16F2N2O3/c1-2-17(24)22-14-5-3-4-11(7-14)19(25)23-15-8-12-6-13(20)9-16(21)18(12)26-10-15/h2-7,9,15H,1,8,10H2,(H,22,24)(H,23,25). The predicted molar refractivity (Wildman–Crippen MR) is 92.1 cm³/mol. The zero-order chi connectivity index (χ0) is 18.7. The number of benzene rings is 2. The highest BCUT2D eigenvalue weighted by molar-refractivity contribution is 6.00. The van der Waals surface area contributed by atoms with E-state index < -0.39 is 17.7 Å². The molecule has 1 unspecified atom stereocenters. The Morgan fingerprint density at radius 3 is 2.81 bits per heavy atom. The van der Waals surface area contributed by atoms with Gasteiger partial charge in [-0.2, -0.15) is 0 Å². The van der Waals surface area contributed by atoms with Crippen LogP contribution in [0.5, 0.6) is 5.75 Å². The van der Waals surface area contributed by atoms with Crippen molar-refractivity contribution in [1.82, 2.24) is 5.32 Å². The molecule has 1 atom stereocenters. The molecule has 2 N–H and O–H groups in total. The lowest BCUT2D eigenvalue weighted by molar-refractivity contribution is -0.111. The van der Waals surface area contributed by atoms with Gasteiger partial charge in [0, 0.05) is 22.9 Å². The number of halogens is 2. The first-order chi connectivity index (χ1) is 12.5. The monoisotopic (exact) mass is 358 g/mol. The molecule has 2 amide bonds. The van der Waals surface area contributed by atoms with E-state index in [4.69, 9.17) is 4.74 Å². The third-order valence-corrected chi connectivity index (χ3v) is 3.89. The van der Waals surface area contributed by atoms with Crippen molar-refractivity contribution in [1.29, 1.82) is 0 Å². The fourth-order valence-corrected chi connectivity index (χ4v) is 2.73. The Morgan fingerprint density at radius 1 is 1.23 bits per heavy atom. The van der Waals surface area contributed by atoms with Gasteiger partial charge in [0.1, 0.15) is 12.4 Å². The van der Waals surface area contributed by atoms with Crippen LogP contribution in [0, 0.1) is 11.6 Å². The third-order valence-electron chi connectivity index (χ3n) is 3.89. The van der Waals surface area contributed by atoms with Gasteiger partial charge in [-0.05, 0) is 36.8 Å². The maximum absolute atomic E-state index is 13.7. The van der Waals surface area contributed by atoms with Crippen molar-refractivity contribution in [2.75, 3.05) is 11.9 Å². The molecule has 1 aliphatic rings. The molecule has 134 valence electrons. The predicted octanol–water partition coefficient (Wildman–Crippen LogP) is 2.82. The van der Waals surface area contributed by atoms with Crippen molar-refractivity contribution in [3.8, 4) is 5.75 Å². The normalized spacial score (nSPS) is 15.4. The number of nitrogens with one attached hydrogen (secondary N) is 2. The minimum absolute atomic E-state index is 0.0195. The van der Waals surface area contributed by atoms with Gasteiger partial charge in [-0.15, -0.1) is 0 Å². The van der Waals surface area contributed by atoms with Crippen LogP contribution in [0.1, 0.15) is 15.9 Å². The number of hydrogen-bond acceptors (Lipinski definition) is 3. The van der Waals surface area contributed by atoms with Gasteiger partial charge < -0.3 is 15.4 Å². The van der Waals surface area contributed by atoms with E-state index in [2.05, 4.69) is 17.2 Å².